The van der Waals surface area contributed by atoms with E-state index in [1.54, 1.807) is 21.7 Å². The van der Waals surface area contributed by atoms with E-state index in [-0.39, 0.29) is 18.3 Å². The van der Waals surface area contributed by atoms with Crippen LogP contribution in [0.4, 0.5) is 20.4 Å². The molecule has 4 aromatic rings. The van der Waals surface area contributed by atoms with Crippen molar-refractivity contribution in [3.63, 3.8) is 0 Å². The van der Waals surface area contributed by atoms with Crippen LogP contribution in [0.5, 0.6) is 0 Å². The van der Waals surface area contributed by atoms with Gasteiger partial charge < -0.3 is 5.32 Å². The van der Waals surface area contributed by atoms with E-state index in [0.717, 1.165) is 29.3 Å². The number of hydrogen-bond acceptors (Lipinski definition) is 5. The highest BCUT2D eigenvalue weighted by atomic mass is 35.5. The molecule has 1 aliphatic rings. The van der Waals surface area contributed by atoms with Crippen molar-refractivity contribution in [1.82, 2.24) is 20.2 Å². The Labute approximate surface area is 198 Å². The third kappa shape index (κ3) is 4.38. The Bertz CT molecular complexity index is 1350. The Morgan fingerprint density at radius 1 is 1.00 bits per heavy atom. The van der Waals surface area contributed by atoms with Gasteiger partial charge in [0.1, 0.15) is 24.2 Å². The van der Waals surface area contributed by atoms with E-state index < -0.39 is 17.5 Å². The van der Waals surface area contributed by atoms with E-state index in [4.69, 9.17) is 11.6 Å². The lowest BCUT2D eigenvalue weighted by molar-refractivity contribution is -0.114. The zero-order valence-corrected chi connectivity index (χ0v) is 18.3. The fraction of sp³-hybridized carbons (Fsp3) is 0.0833. The average molecular weight is 479 g/mol. The minimum absolute atomic E-state index is 0.0170. The van der Waals surface area contributed by atoms with Crippen LogP contribution in [-0.2, 0) is 4.79 Å². The maximum atomic E-state index is 13.6. The molecular weight excluding hydrogens is 462 g/mol. The largest absolute Gasteiger partial charge is 0.324 e. The number of anilines is 2. The van der Waals surface area contributed by atoms with Gasteiger partial charge in [0.05, 0.1) is 5.70 Å². The Balaban J connectivity index is 1.52. The van der Waals surface area contributed by atoms with Gasteiger partial charge in [-0.3, -0.25) is 9.69 Å². The van der Waals surface area contributed by atoms with Gasteiger partial charge in [0.2, 0.25) is 5.91 Å². The van der Waals surface area contributed by atoms with Gasteiger partial charge >= 0.3 is 0 Å². The van der Waals surface area contributed by atoms with Gasteiger partial charge in [0.25, 0.3) is 5.95 Å². The number of hydrogen-bond donors (Lipinski definition) is 1. The van der Waals surface area contributed by atoms with Gasteiger partial charge in [-0.25, -0.2) is 8.78 Å². The topological polar surface area (TPSA) is 75.9 Å². The maximum Gasteiger partial charge on any atom is 0.251 e. The average Bonchev–Trinajstić information content (AvgIpc) is 3.30. The summed E-state index contributed by atoms with van der Waals surface area (Å²) in [5, 5.41) is 15.3. The molecule has 2 heterocycles. The molecule has 1 aromatic heterocycles. The van der Waals surface area contributed by atoms with Crippen LogP contribution in [0.2, 0.25) is 5.02 Å². The van der Waals surface area contributed by atoms with E-state index in [2.05, 4.69) is 20.8 Å². The molecule has 0 aliphatic carbocycles. The summed E-state index contributed by atoms with van der Waals surface area (Å²) in [5.74, 6) is -1.71. The fourth-order valence-electron chi connectivity index (χ4n) is 3.85. The lowest BCUT2D eigenvalue weighted by Crippen LogP contribution is -2.37. The lowest BCUT2D eigenvalue weighted by Gasteiger charge is -2.32. The summed E-state index contributed by atoms with van der Waals surface area (Å²) in [6.45, 7) is -0.188. The monoisotopic (exact) mass is 478 g/mol. The summed E-state index contributed by atoms with van der Waals surface area (Å²) < 4.78 is 28.7. The van der Waals surface area contributed by atoms with Gasteiger partial charge in [-0.15, -0.1) is 0 Å². The van der Waals surface area contributed by atoms with Gasteiger partial charge in [-0.05, 0) is 51.9 Å². The van der Waals surface area contributed by atoms with Gasteiger partial charge in [0, 0.05) is 16.8 Å². The number of nitrogens with one attached hydrogen (secondary N) is 1. The van der Waals surface area contributed by atoms with Gasteiger partial charge in [-0.1, -0.05) is 59.2 Å². The van der Waals surface area contributed by atoms with Crippen LogP contribution in [-0.4, -0.2) is 32.7 Å². The Morgan fingerprint density at radius 2 is 1.71 bits per heavy atom. The number of fused-ring (bicyclic) bond motifs is 1. The third-order valence-electron chi connectivity index (χ3n) is 5.32. The molecule has 0 saturated heterocycles. The fourth-order valence-corrected chi connectivity index (χ4v) is 3.97. The summed E-state index contributed by atoms with van der Waals surface area (Å²) in [5.41, 5.74) is 2.48. The van der Waals surface area contributed by atoms with Crippen molar-refractivity contribution >= 4 is 34.8 Å². The second-order valence-corrected chi connectivity index (χ2v) is 8.07. The van der Waals surface area contributed by atoms with Crippen molar-refractivity contribution < 1.29 is 13.6 Å². The molecule has 34 heavy (non-hydrogen) atoms. The smallest absolute Gasteiger partial charge is 0.251 e. The van der Waals surface area contributed by atoms with Gasteiger partial charge in [-0.2, -0.15) is 4.68 Å². The number of amides is 1. The minimum Gasteiger partial charge on any atom is -0.324 e. The number of carbonyl (C=O) groups excluding carboxylic acids is 1. The first-order valence-electron chi connectivity index (χ1n) is 10.3. The molecule has 5 rings (SSSR count). The van der Waals surface area contributed by atoms with Crippen LogP contribution < -0.4 is 10.2 Å². The highest BCUT2D eigenvalue weighted by Gasteiger charge is 2.32. The molecule has 1 aliphatic heterocycles. The lowest BCUT2D eigenvalue weighted by atomic mass is 10.0. The van der Waals surface area contributed by atoms with Crippen molar-refractivity contribution in [2.75, 3.05) is 16.8 Å². The number of benzene rings is 3. The summed E-state index contributed by atoms with van der Waals surface area (Å²) in [6, 6.07) is 19.3. The van der Waals surface area contributed by atoms with Crippen molar-refractivity contribution in [1.29, 1.82) is 0 Å². The van der Waals surface area contributed by atoms with E-state index >= 15 is 0 Å². The minimum atomic E-state index is -0.784. The molecule has 1 unspecified atom stereocenters. The number of tetrazole rings is 1. The first-order valence-corrected chi connectivity index (χ1v) is 10.7. The molecule has 1 amide bonds. The van der Waals surface area contributed by atoms with Crippen LogP contribution in [0, 0.1) is 11.6 Å². The van der Waals surface area contributed by atoms with Gasteiger partial charge in [0.15, 0.2) is 0 Å². The quantitative estimate of drug-likeness (QED) is 0.450. The van der Waals surface area contributed by atoms with Crippen molar-refractivity contribution in [3.8, 4) is 0 Å². The molecule has 0 fully saturated rings. The number of carbonyl (C=O) groups is 1. The van der Waals surface area contributed by atoms with E-state index in [0.29, 0.717) is 16.7 Å². The normalized spacial score (nSPS) is 15.0. The first-order chi connectivity index (χ1) is 16.5. The molecule has 7 nitrogen and oxygen atoms in total. The van der Waals surface area contributed by atoms with E-state index in [1.165, 1.54) is 0 Å². The van der Waals surface area contributed by atoms with Crippen LogP contribution in [0.3, 0.4) is 0 Å². The Morgan fingerprint density at radius 3 is 2.41 bits per heavy atom. The molecule has 0 saturated carbocycles. The zero-order valence-electron chi connectivity index (χ0n) is 17.6. The second kappa shape index (κ2) is 9.03. The number of aromatic nitrogens is 4. The number of allylic oxidation sites excluding steroid dienone is 1. The molecule has 170 valence electrons. The summed E-state index contributed by atoms with van der Waals surface area (Å²) >= 11 is 6.06. The molecule has 0 spiro atoms. The Hall–Kier alpha value is -4.11. The Kier molecular flexibility index (Phi) is 5.77. The van der Waals surface area contributed by atoms with Crippen LogP contribution in [0.25, 0.3) is 5.70 Å². The highest BCUT2D eigenvalue weighted by Crippen LogP contribution is 2.36. The molecule has 0 bridgehead atoms. The molecule has 1 atom stereocenters. The van der Waals surface area contributed by atoms with Crippen molar-refractivity contribution in [2.45, 2.75) is 6.04 Å². The maximum absolute atomic E-state index is 13.6. The molecule has 10 heteroatoms. The SMILES string of the molecule is O=C(CN1C(c2ccccc2)=CC(c2ccc(Cl)cc2)n2nnnc21)Nc1cc(F)cc(F)c1. The summed E-state index contributed by atoms with van der Waals surface area (Å²) in [6.07, 6.45) is 1.96. The van der Waals surface area contributed by atoms with E-state index in [9.17, 15) is 13.6 Å². The number of rotatable bonds is 5. The summed E-state index contributed by atoms with van der Waals surface area (Å²) in [7, 11) is 0. The van der Waals surface area contributed by atoms with E-state index in [1.807, 2.05) is 48.5 Å². The predicted molar refractivity (Wildman–Crippen MR) is 124 cm³/mol. The van der Waals surface area contributed by atoms with Crippen LogP contribution >= 0.6 is 11.6 Å². The van der Waals surface area contributed by atoms with Crippen molar-refractivity contribution in [3.05, 3.63) is 107 Å². The molecule has 3 aromatic carbocycles. The first kappa shape index (κ1) is 21.7. The molecular formula is C24H17ClF2N6O. The standard InChI is InChI=1S/C24H17ClF2N6O/c25-17-8-6-16(7-9-17)22-13-21(15-4-2-1-3-5-15)32(24-29-30-31-33(22)24)14-23(34)28-20-11-18(26)10-19(27)12-20/h1-13,22H,14H2,(H,28,34). The zero-order chi connectivity index (χ0) is 23.7. The van der Waals surface area contributed by atoms with Crippen LogP contribution in [0.1, 0.15) is 17.2 Å². The molecule has 0 radical (unpaired) electrons. The predicted octanol–water partition coefficient (Wildman–Crippen LogP) is 4.69. The third-order valence-corrected chi connectivity index (χ3v) is 5.57. The summed E-state index contributed by atoms with van der Waals surface area (Å²) in [4.78, 5) is 14.5. The highest BCUT2D eigenvalue weighted by molar-refractivity contribution is 6.30. The number of halogens is 3. The number of nitrogens with zero attached hydrogens (tertiary/aromatic N) is 5. The second-order valence-electron chi connectivity index (χ2n) is 7.63. The van der Waals surface area contributed by atoms with Crippen LogP contribution in [0.15, 0.2) is 78.9 Å². The van der Waals surface area contributed by atoms with Crippen molar-refractivity contribution in [2.24, 2.45) is 0 Å². The molecule has 1 N–H and O–H groups in total.